The molecule has 138 valence electrons. The molecule has 1 nitrogen and oxygen atoms in total. The first-order valence-corrected chi connectivity index (χ1v) is 9.86. The SMILES string of the molecule is C=C/C(C)=C\C=C1/CC(PC)=C(Cc2ccc(C(F)(F)F)cc2)C(C)=N1. The van der Waals surface area contributed by atoms with E-state index in [-0.39, 0.29) is 0 Å². The molecule has 1 unspecified atom stereocenters. The first-order valence-electron chi connectivity index (χ1n) is 8.36. The molecule has 1 aliphatic rings. The topological polar surface area (TPSA) is 12.4 Å². The Morgan fingerprint density at radius 3 is 2.46 bits per heavy atom. The molecule has 1 aromatic rings. The third-order valence-corrected chi connectivity index (χ3v) is 5.38. The van der Waals surface area contributed by atoms with Gasteiger partial charge in [0, 0.05) is 17.8 Å². The van der Waals surface area contributed by atoms with Crippen LogP contribution in [0.2, 0.25) is 0 Å². The number of benzene rings is 1. The van der Waals surface area contributed by atoms with Crippen LogP contribution in [-0.2, 0) is 12.6 Å². The lowest BCUT2D eigenvalue weighted by Gasteiger charge is -2.20. The lowest BCUT2D eigenvalue weighted by atomic mass is 9.97. The van der Waals surface area contributed by atoms with E-state index in [0.29, 0.717) is 15.0 Å². The fourth-order valence-corrected chi connectivity index (χ4v) is 3.64. The Labute approximate surface area is 154 Å². The number of rotatable bonds is 5. The number of alkyl halides is 3. The lowest BCUT2D eigenvalue weighted by molar-refractivity contribution is -0.137. The van der Waals surface area contributed by atoms with Gasteiger partial charge in [-0.1, -0.05) is 45.0 Å². The number of nitrogens with zero attached hydrogens (tertiary/aromatic N) is 1. The van der Waals surface area contributed by atoms with Gasteiger partial charge in [-0.15, -0.1) is 0 Å². The largest absolute Gasteiger partial charge is 0.416 e. The van der Waals surface area contributed by atoms with Crippen LogP contribution in [0.15, 0.2) is 76.2 Å². The first-order chi connectivity index (χ1) is 12.2. The van der Waals surface area contributed by atoms with Crippen molar-refractivity contribution < 1.29 is 13.2 Å². The van der Waals surface area contributed by atoms with Crippen molar-refractivity contribution in [1.82, 2.24) is 0 Å². The Morgan fingerprint density at radius 2 is 1.92 bits per heavy atom. The Hall–Kier alpha value is -1.93. The molecule has 0 aliphatic carbocycles. The summed E-state index contributed by atoms with van der Waals surface area (Å²) in [7, 11) is 0.636. The second kappa shape index (κ2) is 8.64. The zero-order valence-corrected chi connectivity index (χ0v) is 16.2. The summed E-state index contributed by atoms with van der Waals surface area (Å²) in [6.45, 7) is 9.82. The van der Waals surface area contributed by atoms with Gasteiger partial charge in [-0.2, -0.15) is 13.2 Å². The van der Waals surface area contributed by atoms with E-state index in [0.717, 1.165) is 46.7 Å². The van der Waals surface area contributed by atoms with E-state index in [1.165, 1.54) is 5.31 Å². The van der Waals surface area contributed by atoms with Gasteiger partial charge in [-0.25, -0.2) is 0 Å². The predicted octanol–water partition coefficient (Wildman–Crippen LogP) is 6.69. The van der Waals surface area contributed by atoms with Gasteiger partial charge in [-0.3, -0.25) is 4.99 Å². The summed E-state index contributed by atoms with van der Waals surface area (Å²) < 4.78 is 38.1. The Bertz CT molecular complexity index is 794. The Balaban J connectivity index is 2.24. The van der Waals surface area contributed by atoms with Crippen molar-refractivity contribution in [3.05, 3.63) is 82.4 Å². The summed E-state index contributed by atoms with van der Waals surface area (Å²) in [6, 6.07) is 5.41. The van der Waals surface area contributed by atoms with Crippen molar-refractivity contribution in [2.45, 2.75) is 32.9 Å². The average molecular weight is 377 g/mol. The first kappa shape index (κ1) is 20.4. The van der Waals surface area contributed by atoms with Gasteiger partial charge in [0.15, 0.2) is 0 Å². The molecular weight excluding hydrogens is 354 g/mol. The molecule has 0 fully saturated rings. The summed E-state index contributed by atoms with van der Waals surface area (Å²) in [4.78, 5) is 4.69. The van der Waals surface area contributed by atoms with Crippen LogP contribution in [0.4, 0.5) is 13.2 Å². The minimum absolute atomic E-state index is 0.610. The van der Waals surface area contributed by atoms with E-state index in [2.05, 4.69) is 18.2 Å². The van der Waals surface area contributed by atoms with E-state index in [4.69, 9.17) is 0 Å². The second-order valence-electron chi connectivity index (χ2n) is 6.23. The molecule has 0 aromatic heterocycles. The highest BCUT2D eigenvalue weighted by atomic mass is 31.1. The van der Waals surface area contributed by atoms with Crippen LogP contribution in [0.1, 0.15) is 31.4 Å². The van der Waals surface area contributed by atoms with E-state index >= 15 is 0 Å². The van der Waals surface area contributed by atoms with Crippen molar-refractivity contribution in [2.24, 2.45) is 4.99 Å². The molecule has 5 heteroatoms. The normalized spacial score (nSPS) is 18.0. The smallest absolute Gasteiger partial charge is 0.258 e. The van der Waals surface area contributed by atoms with E-state index in [1.54, 1.807) is 18.2 Å². The van der Waals surface area contributed by atoms with Gasteiger partial charge in [-0.05, 0) is 61.6 Å². The summed E-state index contributed by atoms with van der Waals surface area (Å²) in [6.07, 6.45) is 2.89. The molecule has 26 heavy (non-hydrogen) atoms. The van der Waals surface area contributed by atoms with Crippen molar-refractivity contribution in [3.8, 4) is 0 Å². The van der Waals surface area contributed by atoms with Gasteiger partial charge < -0.3 is 0 Å². The maximum absolute atomic E-state index is 12.7. The van der Waals surface area contributed by atoms with Gasteiger partial charge in [0.2, 0.25) is 0 Å². The standard InChI is InChI=1S/C21H23F3NP/c1-5-14(2)6-11-18-13-20(26-4)19(15(3)25-18)12-16-7-9-17(10-8-16)21(22,23)24/h5-11,26H,1,12-13H2,2-4H3/b14-6-,18-11+. The molecule has 0 saturated carbocycles. The molecule has 0 radical (unpaired) electrons. The van der Waals surface area contributed by atoms with Crippen molar-refractivity contribution in [3.63, 3.8) is 0 Å². The number of halogens is 3. The number of hydrogen-bond acceptors (Lipinski definition) is 1. The highest BCUT2D eigenvalue weighted by molar-refractivity contribution is 7.42. The maximum atomic E-state index is 12.7. The van der Waals surface area contributed by atoms with Crippen molar-refractivity contribution >= 4 is 14.3 Å². The van der Waals surface area contributed by atoms with Crippen LogP contribution in [0, 0.1) is 0 Å². The van der Waals surface area contributed by atoms with Gasteiger partial charge in [0.05, 0.1) is 5.56 Å². The number of aliphatic imine (C=N–C) groups is 1. The monoisotopic (exact) mass is 377 g/mol. The average Bonchev–Trinajstić information content (AvgIpc) is 2.61. The Morgan fingerprint density at radius 1 is 1.27 bits per heavy atom. The molecule has 0 saturated heterocycles. The minimum atomic E-state index is -4.30. The lowest BCUT2D eigenvalue weighted by Crippen LogP contribution is -2.10. The molecular formula is C21H23F3NP. The van der Waals surface area contributed by atoms with Crippen LogP contribution in [0.25, 0.3) is 0 Å². The van der Waals surface area contributed by atoms with E-state index in [9.17, 15) is 13.2 Å². The third kappa shape index (κ3) is 5.28. The molecule has 1 aliphatic heterocycles. The van der Waals surface area contributed by atoms with Gasteiger partial charge in [0.1, 0.15) is 0 Å². The molecule has 0 spiro atoms. The summed E-state index contributed by atoms with van der Waals surface area (Å²) >= 11 is 0. The van der Waals surface area contributed by atoms with E-state index in [1.807, 2.05) is 26.0 Å². The quantitative estimate of drug-likeness (QED) is 0.400. The molecule has 0 bridgehead atoms. The third-order valence-electron chi connectivity index (χ3n) is 4.29. The predicted molar refractivity (Wildman–Crippen MR) is 106 cm³/mol. The minimum Gasteiger partial charge on any atom is -0.258 e. The highest BCUT2D eigenvalue weighted by Crippen LogP contribution is 2.36. The van der Waals surface area contributed by atoms with Crippen molar-refractivity contribution in [2.75, 3.05) is 6.66 Å². The van der Waals surface area contributed by atoms with Crippen LogP contribution < -0.4 is 0 Å². The van der Waals surface area contributed by atoms with Crippen LogP contribution in [0.3, 0.4) is 0 Å². The summed E-state index contributed by atoms with van der Waals surface area (Å²) in [5, 5.41) is 1.31. The number of dihydropyridines is 1. The fraction of sp³-hybridized carbons (Fsp3) is 0.286. The maximum Gasteiger partial charge on any atom is 0.416 e. The molecule has 2 rings (SSSR count). The zero-order chi connectivity index (χ0) is 19.3. The number of allylic oxidation sites excluding steroid dienone is 6. The Kier molecular flexibility index (Phi) is 6.77. The molecule has 0 amide bonds. The van der Waals surface area contributed by atoms with Gasteiger partial charge >= 0.3 is 6.18 Å². The van der Waals surface area contributed by atoms with E-state index < -0.39 is 11.7 Å². The molecule has 1 atom stereocenters. The zero-order valence-electron chi connectivity index (χ0n) is 15.2. The van der Waals surface area contributed by atoms with Crippen LogP contribution in [-0.4, -0.2) is 12.4 Å². The summed E-state index contributed by atoms with van der Waals surface area (Å²) in [5.74, 6) is 0. The van der Waals surface area contributed by atoms with Crippen molar-refractivity contribution in [1.29, 1.82) is 0 Å². The number of hydrogen-bond donors (Lipinski definition) is 0. The van der Waals surface area contributed by atoms with Crippen LogP contribution in [0.5, 0.6) is 0 Å². The molecule has 0 N–H and O–H groups in total. The van der Waals surface area contributed by atoms with Gasteiger partial charge in [0.25, 0.3) is 0 Å². The van der Waals surface area contributed by atoms with Crippen LogP contribution >= 0.6 is 8.58 Å². The molecule has 1 aromatic carbocycles. The second-order valence-corrected chi connectivity index (χ2v) is 7.33. The highest BCUT2D eigenvalue weighted by Gasteiger charge is 2.30. The summed E-state index contributed by atoms with van der Waals surface area (Å²) in [5.41, 5.74) is 4.42. The molecule has 1 heterocycles. The fourth-order valence-electron chi connectivity index (χ4n) is 2.71.